The number of rotatable bonds is 5. The largest absolute Gasteiger partial charge is 0.493 e. The van der Waals surface area contributed by atoms with Gasteiger partial charge in [0.25, 0.3) is 5.91 Å². The molecule has 0 unspecified atom stereocenters. The van der Waals surface area contributed by atoms with Crippen molar-refractivity contribution >= 4 is 33.6 Å². The Hall–Kier alpha value is -2.78. The topological polar surface area (TPSA) is 71.3 Å². The third-order valence-electron chi connectivity index (χ3n) is 3.52. The minimum absolute atomic E-state index is 0.00436. The van der Waals surface area contributed by atoms with Crippen molar-refractivity contribution < 1.29 is 14.3 Å². The highest BCUT2D eigenvalue weighted by Crippen LogP contribution is 2.31. The van der Waals surface area contributed by atoms with Crippen LogP contribution in [0.25, 0.3) is 6.08 Å². The molecule has 0 saturated heterocycles. The van der Waals surface area contributed by atoms with E-state index in [1.54, 1.807) is 37.4 Å². The monoisotopic (exact) mass is 400 g/mol. The van der Waals surface area contributed by atoms with Crippen LogP contribution in [0.15, 0.2) is 46.4 Å². The van der Waals surface area contributed by atoms with E-state index in [0.717, 1.165) is 10.0 Å². The Balaban J connectivity index is 2.34. The Bertz CT molecular complexity index is 869. The summed E-state index contributed by atoms with van der Waals surface area (Å²) in [7, 11) is 3.09. The number of hydrogen-bond acceptors (Lipinski definition) is 4. The van der Waals surface area contributed by atoms with Gasteiger partial charge in [0.05, 0.1) is 14.2 Å². The molecule has 5 nitrogen and oxygen atoms in total. The fraction of sp³-hybridized carbons (Fsp3) is 0.158. The normalized spacial score (nSPS) is 10.8. The molecule has 0 heterocycles. The molecule has 0 radical (unpaired) electrons. The molecule has 2 rings (SSSR count). The minimum atomic E-state index is -0.477. The highest BCUT2D eigenvalue weighted by molar-refractivity contribution is 9.10. The van der Waals surface area contributed by atoms with E-state index in [1.807, 2.05) is 19.1 Å². The number of methoxy groups -OCH3 is 2. The summed E-state index contributed by atoms with van der Waals surface area (Å²) in [6.07, 6.45) is 1.53. The number of hydrogen-bond donors (Lipinski definition) is 1. The molecule has 0 bridgehead atoms. The molecule has 2 aromatic carbocycles. The molecular formula is C19H17BrN2O3. The number of benzene rings is 2. The fourth-order valence-corrected chi connectivity index (χ4v) is 2.62. The summed E-state index contributed by atoms with van der Waals surface area (Å²) in [6.45, 7) is 1.87. The lowest BCUT2D eigenvalue weighted by Crippen LogP contribution is -2.13. The molecule has 0 aliphatic heterocycles. The first-order valence-corrected chi connectivity index (χ1v) is 8.19. The highest BCUT2D eigenvalue weighted by Gasteiger charge is 2.13. The lowest BCUT2D eigenvalue weighted by molar-refractivity contribution is -0.112. The summed E-state index contributed by atoms with van der Waals surface area (Å²) >= 11 is 3.34. The van der Waals surface area contributed by atoms with Crippen LogP contribution < -0.4 is 14.8 Å². The van der Waals surface area contributed by atoms with Crippen molar-refractivity contribution in [2.75, 3.05) is 19.5 Å². The van der Waals surface area contributed by atoms with Gasteiger partial charge in [0.15, 0.2) is 11.5 Å². The molecule has 0 aliphatic rings. The molecule has 0 atom stereocenters. The average Bonchev–Trinajstić information content (AvgIpc) is 2.60. The van der Waals surface area contributed by atoms with E-state index in [9.17, 15) is 10.1 Å². The van der Waals surface area contributed by atoms with Gasteiger partial charge in [-0.15, -0.1) is 0 Å². The molecule has 0 saturated carbocycles. The highest BCUT2D eigenvalue weighted by atomic mass is 79.9. The van der Waals surface area contributed by atoms with Crippen LogP contribution in [0.5, 0.6) is 11.5 Å². The third-order valence-corrected chi connectivity index (χ3v) is 4.01. The molecule has 0 spiro atoms. The number of carbonyl (C=O) groups excluding carboxylic acids is 1. The molecule has 128 valence electrons. The number of halogens is 1. The summed E-state index contributed by atoms with van der Waals surface area (Å²) in [5.74, 6) is 0.646. The summed E-state index contributed by atoms with van der Waals surface area (Å²) in [5.41, 5.74) is 2.17. The van der Waals surface area contributed by atoms with Crippen molar-refractivity contribution in [3.63, 3.8) is 0 Å². The van der Waals surface area contributed by atoms with Gasteiger partial charge in [0.1, 0.15) is 11.6 Å². The van der Waals surface area contributed by atoms with Crippen LogP contribution >= 0.6 is 15.9 Å². The van der Waals surface area contributed by atoms with E-state index in [0.29, 0.717) is 22.7 Å². The molecule has 1 amide bonds. The molecule has 1 N–H and O–H groups in total. The van der Waals surface area contributed by atoms with Crippen LogP contribution in [0.4, 0.5) is 5.69 Å². The number of nitrogens with one attached hydrogen (secondary N) is 1. The second kappa shape index (κ2) is 8.36. The van der Waals surface area contributed by atoms with Crippen molar-refractivity contribution in [1.29, 1.82) is 5.26 Å². The van der Waals surface area contributed by atoms with Crippen LogP contribution in [0.1, 0.15) is 11.1 Å². The Kier molecular flexibility index (Phi) is 6.20. The Morgan fingerprint density at radius 1 is 1.20 bits per heavy atom. The zero-order valence-corrected chi connectivity index (χ0v) is 15.7. The first-order chi connectivity index (χ1) is 12.0. The first kappa shape index (κ1) is 18.6. The van der Waals surface area contributed by atoms with Crippen LogP contribution in [0, 0.1) is 18.3 Å². The van der Waals surface area contributed by atoms with Gasteiger partial charge in [0, 0.05) is 10.2 Å². The molecule has 2 aromatic rings. The van der Waals surface area contributed by atoms with Gasteiger partial charge in [-0.1, -0.05) is 22.0 Å². The standard InChI is InChI=1S/C19H17BrN2O3/c1-12-7-17(24-2)18(25-3)9-13(12)8-14(11-21)19(23)22-16-6-4-5-15(20)10-16/h4-10H,1-3H3,(H,22,23). The summed E-state index contributed by atoms with van der Waals surface area (Å²) in [5, 5.41) is 12.1. The number of nitrogens with zero attached hydrogens (tertiary/aromatic N) is 1. The van der Waals surface area contributed by atoms with Crippen molar-refractivity contribution in [2.45, 2.75) is 6.92 Å². The molecular weight excluding hydrogens is 384 g/mol. The second-order valence-electron chi connectivity index (χ2n) is 5.20. The maximum atomic E-state index is 12.4. The van der Waals surface area contributed by atoms with Gasteiger partial charge in [0.2, 0.25) is 0 Å². The molecule has 0 fully saturated rings. The quantitative estimate of drug-likeness (QED) is 0.599. The Labute approximate surface area is 155 Å². The van der Waals surface area contributed by atoms with E-state index in [-0.39, 0.29) is 5.57 Å². The van der Waals surface area contributed by atoms with Crippen molar-refractivity contribution in [2.24, 2.45) is 0 Å². The predicted octanol–water partition coefficient (Wildman–Crippen LogP) is 4.32. The summed E-state index contributed by atoms with van der Waals surface area (Å²) in [6, 6.07) is 12.6. The van der Waals surface area contributed by atoms with E-state index in [1.165, 1.54) is 13.2 Å². The number of amides is 1. The fourth-order valence-electron chi connectivity index (χ4n) is 2.22. The maximum absolute atomic E-state index is 12.4. The Morgan fingerprint density at radius 2 is 1.88 bits per heavy atom. The molecule has 0 aromatic heterocycles. The van der Waals surface area contributed by atoms with Crippen molar-refractivity contribution in [3.8, 4) is 17.6 Å². The van der Waals surface area contributed by atoms with Crippen molar-refractivity contribution in [3.05, 3.63) is 57.6 Å². The number of anilines is 1. The maximum Gasteiger partial charge on any atom is 0.266 e. The van der Waals surface area contributed by atoms with Crippen molar-refractivity contribution in [1.82, 2.24) is 0 Å². The second-order valence-corrected chi connectivity index (χ2v) is 6.11. The van der Waals surface area contributed by atoms with Crippen LogP contribution in [-0.4, -0.2) is 20.1 Å². The predicted molar refractivity (Wildman–Crippen MR) is 101 cm³/mol. The van der Waals surface area contributed by atoms with Gasteiger partial charge in [-0.25, -0.2) is 0 Å². The van der Waals surface area contributed by atoms with Gasteiger partial charge in [-0.05, 0) is 54.5 Å². The van der Waals surface area contributed by atoms with E-state index >= 15 is 0 Å². The minimum Gasteiger partial charge on any atom is -0.493 e. The smallest absolute Gasteiger partial charge is 0.266 e. The lowest BCUT2D eigenvalue weighted by Gasteiger charge is -2.11. The molecule has 25 heavy (non-hydrogen) atoms. The van der Waals surface area contributed by atoms with Gasteiger partial charge in [-0.2, -0.15) is 5.26 Å². The van der Waals surface area contributed by atoms with Gasteiger partial charge < -0.3 is 14.8 Å². The zero-order valence-electron chi connectivity index (χ0n) is 14.1. The number of nitriles is 1. The average molecular weight is 401 g/mol. The molecule has 0 aliphatic carbocycles. The van der Waals surface area contributed by atoms with E-state index in [4.69, 9.17) is 9.47 Å². The number of aryl methyl sites for hydroxylation is 1. The van der Waals surface area contributed by atoms with Gasteiger partial charge in [-0.3, -0.25) is 4.79 Å². The van der Waals surface area contributed by atoms with E-state index < -0.39 is 5.91 Å². The lowest BCUT2D eigenvalue weighted by atomic mass is 10.0. The number of ether oxygens (including phenoxy) is 2. The summed E-state index contributed by atoms with van der Waals surface area (Å²) < 4.78 is 11.4. The van der Waals surface area contributed by atoms with Gasteiger partial charge >= 0.3 is 0 Å². The van der Waals surface area contributed by atoms with Crippen LogP contribution in [-0.2, 0) is 4.79 Å². The van der Waals surface area contributed by atoms with Crippen LogP contribution in [0.2, 0.25) is 0 Å². The summed E-state index contributed by atoms with van der Waals surface area (Å²) in [4.78, 5) is 12.4. The first-order valence-electron chi connectivity index (χ1n) is 7.39. The van der Waals surface area contributed by atoms with Crippen LogP contribution in [0.3, 0.4) is 0 Å². The number of carbonyl (C=O) groups is 1. The third kappa shape index (κ3) is 4.61. The van der Waals surface area contributed by atoms with E-state index in [2.05, 4.69) is 21.2 Å². The SMILES string of the molecule is COc1cc(C)c(C=C(C#N)C(=O)Nc2cccc(Br)c2)cc1OC. The zero-order chi connectivity index (χ0) is 18.4. The molecule has 6 heteroatoms. The Morgan fingerprint density at radius 3 is 2.48 bits per heavy atom.